The minimum atomic E-state index is -2.93. The van der Waals surface area contributed by atoms with Crippen LogP contribution in [0.25, 0.3) is 0 Å². The quantitative estimate of drug-likeness (QED) is 0.640. The predicted octanol–water partition coefficient (Wildman–Crippen LogP) is 0.577. The summed E-state index contributed by atoms with van der Waals surface area (Å²) in [6.45, 7) is 3.26. The average Bonchev–Trinajstić information content (AvgIpc) is 2.32. The normalized spacial score (nSPS) is 26.3. The Labute approximate surface area is 116 Å². The monoisotopic (exact) mass is 293 g/mol. The van der Waals surface area contributed by atoms with Gasteiger partial charge < -0.3 is 15.2 Å². The molecular weight excluding hydrogens is 266 g/mol. The molecule has 5 nitrogen and oxygen atoms in total. The summed E-state index contributed by atoms with van der Waals surface area (Å²) in [7, 11) is -2.93. The van der Waals surface area contributed by atoms with Gasteiger partial charge in [0.25, 0.3) is 0 Å². The lowest BCUT2D eigenvalue weighted by molar-refractivity contribution is -0.0450. The summed E-state index contributed by atoms with van der Waals surface area (Å²) in [5.74, 6) is 0.666. The standard InChI is InChI=1S/C13H27NO4S/c1-11-5-3-4-6-13(11)18-10-12(15)9-14-7-8-19(2,16)17/h11-15H,3-10H2,1-2H3. The minimum Gasteiger partial charge on any atom is -0.389 e. The van der Waals surface area contributed by atoms with Crippen LogP contribution < -0.4 is 5.32 Å². The van der Waals surface area contributed by atoms with Crippen molar-refractivity contribution in [3.8, 4) is 0 Å². The summed E-state index contributed by atoms with van der Waals surface area (Å²) in [5, 5.41) is 12.7. The van der Waals surface area contributed by atoms with E-state index in [1.165, 1.54) is 25.5 Å². The highest BCUT2D eigenvalue weighted by molar-refractivity contribution is 7.90. The molecule has 0 aromatic carbocycles. The molecular formula is C13H27NO4S. The Morgan fingerprint density at radius 2 is 2.05 bits per heavy atom. The number of nitrogens with one attached hydrogen (secondary N) is 1. The van der Waals surface area contributed by atoms with E-state index in [9.17, 15) is 13.5 Å². The van der Waals surface area contributed by atoms with Crippen LogP contribution in [0.5, 0.6) is 0 Å². The summed E-state index contributed by atoms with van der Waals surface area (Å²) in [6, 6.07) is 0. The van der Waals surface area contributed by atoms with E-state index in [1.54, 1.807) is 0 Å². The molecule has 0 aromatic heterocycles. The number of aliphatic hydroxyl groups excluding tert-OH is 1. The van der Waals surface area contributed by atoms with Crippen molar-refractivity contribution in [2.24, 2.45) is 5.92 Å². The number of rotatable bonds is 8. The summed E-state index contributed by atoms with van der Waals surface area (Å²) < 4.78 is 27.6. The van der Waals surface area contributed by atoms with Gasteiger partial charge in [-0.25, -0.2) is 8.42 Å². The van der Waals surface area contributed by atoms with E-state index in [1.807, 2.05) is 0 Å². The molecule has 3 atom stereocenters. The first-order valence-electron chi connectivity index (χ1n) is 7.06. The average molecular weight is 293 g/mol. The summed E-state index contributed by atoms with van der Waals surface area (Å²) in [5.41, 5.74) is 0. The second-order valence-electron chi connectivity index (χ2n) is 5.62. The molecule has 1 fully saturated rings. The zero-order valence-corrected chi connectivity index (χ0v) is 12.8. The van der Waals surface area contributed by atoms with E-state index in [2.05, 4.69) is 12.2 Å². The first kappa shape index (κ1) is 16.9. The predicted molar refractivity (Wildman–Crippen MR) is 76.0 cm³/mol. The van der Waals surface area contributed by atoms with Crippen molar-refractivity contribution in [2.75, 3.05) is 31.7 Å². The highest BCUT2D eigenvalue weighted by Crippen LogP contribution is 2.26. The molecule has 1 aliphatic carbocycles. The van der Waals surface area contributed by atoms with E-state index in [-0.39, 0.29) is 11.9 Å². The fourth-order valence-electron chi connectivity index (χ4n) is 2.35. The number of ether oxygens (including phenoxy) is 1. The Bertz CT molecular complexity index is 345. The molecule has 0 saturated heterocycles. The van der Waals surface area contributed by atoms with Gasteiger partial charge in [0.15, 0.2) is 0 Å². The Kier molecular flexibility index (Phi) is 7.28. The Morgan fingerprint density at radius 1 is 1.37 bits per heavy atom. The van der Waals surface area contributed by atoms with Crippen molar-refractivity contribution >= 4 is 9.84 Å². The van der Waals surface area contributed by atoms with Gasteiger partial charge in [-0.05, 0) is 18.8 Å². The maximum Gasteiger partial charge on any atom is 0.148 e. The topological polar surface area (TPSA) is 75.6 Å². The van der Waals surface area contributed by atoms with E-state index in [0.29, 0.717) is 25.6 Å². The SMILES string of the molecule is CC1CCCCC1OCC(O)CNCCS(C)(=O)=O. The molecule has 114 valence electrons. The highest BCUT2D eigenvalue weighted by atomic mass is 32.2. The third-order valence-electron chi connectivity index (χ3n) is 3.57. The molecule has 0 radical (unpaired) electrons. The lowest BCUT2D eigenvalue weighted by Crippen LogP contribution is -2.36. The van der Waals surface area contributed by atoms with Crippen molar-refractivity contribution in [3.63, 3.8) is 0 Å². The Morgan fingerprint density at radius 3 is 2.68 bits per heavy atom. The van der Waals surface area contributed by atoms with E-state index >= 15 is 0 Å². The van der Waals surface area contributed by atoms with Crippen LogP contribution in [0.2, 0.25) is 0 Å². The number of sulfone groups is 1. The van der Waals surface area contributed by atoms with Crippen LogP contribution in [-0.4, -0.2) is 57.4 Å². The molecule has 6 heteroatoms. The largest absolute Gasteiger partial charge is 0.389 e. The molecule has 0 amide bonds. The second kappa shape index (κ2) is 8.19. The van der Waals surface area contributed by atoms with Gasteiger partial charge in [-0.2, -0.15) is 0 Å². The zero-order valence-electron chi connectivity index (χ0n) is 12.0. The van der Waals surface area contributed by atoms with Gasteiger partial charge in [0.05, 0.1) is 24.6 Å². The molecule has 2 N–H and O–H groups in total. The molecule has 19 heavy (non-hydrogen) atoms. The number of hydrogen-bond acceptors (Lipinski definition) is 5. The van der Waals surface area contributed by atoms with Gasteiger partial charge in [0.2, 0.25) is 0 Å². The second-order valence-corrected chi connectivity index (χ2v) is 7.88. The lowest BCUT2D eigenvalue weighted by Gasteiger charge is -2.29. The lowest BCUT2D eigenvalue weighted by atomic mass is 9.88. The fourth-order valence-corrected chi connectivity index (χ4v) is 2.86. The van der Waals surface area contributed by atoms with Crippen LogP contribution in [0.15, 0.2) is 0 Å². The fraction of sp³-hybridized carbons (Fsp3) is 1.00. The molecule has 0 aliphatic heterocycles. The zero-order chi connectivity index (χ0) is 14.3. The minimum absolute atomic E-state index is 0.0975. The first-order valence-corrected chi connectivity index (χ1v) is 9.12. The van der Waals surface area contributed by atoms with Crippen LogP contribution in [0.3, 0.4) is 0 Å². The van der Waals surface area contributed by atoms with Gasteiger partial charge >= 0.3 is 0 Å². The van der Waals surface area contributed by atoms with Gasteiger partial charge in [0.1, 0.15) is 9.84 Å². The van der Waals surface area contributed by atoms with Crippen LogP contribution in [0.1, 0.15) is 32.6 Å². The Balaban J connectivity index is 2.08. The van der Waals surface area contributed by atoms with Crippen molar-refractivity contribution in [2.45, 2.75) is 44.8 Å². The first-order chi connectivity index (χ1) is 8.88. The van der Waals surface area contributed by atoms with E-state index in [4.69, 9.17) is 4.74 Å². The van der Waals surface area contributed by atoms with Gasteiger partial charge in [-0.3, -0.25) is 0 Å². The smallest absolute Gasteiger partial charge is 0.148 e. The van der Waals surface area contributed by atoms with Crippen molar-refractivity contribution in [1.29, 1.82) is 0 Å². The van der Waals surface area contributed by atoms with Crippen LogP contribution in [-0.2, 0) is 14.6 Å². The van der Waals surface area contributed by atoms with Gasteiger partial charge in [-0.1, -0.05) is 19.8 Å². The van der Waals surface area contributed by atoms with E-state index < -0.39 is 15.9 Å². The number of aliphatic hydroxyl groups is 1. The number of hydrogen-bond donors (Lipinski definition) is 2. The summed E-state index contributed by atoms with van der Waals surface area (Å²) >= 11 is 0. The summed E-state index contributed by atoms with van der Waals surface area (Å²) in [6.07, 6.45) is 5.66. The maximum atomic E-state index is 10.9. The summed E-state index contributed by atoms with van der Waals surface area (Å²) in [4.78, 5) is 0. The molecule has 1 saturated carbocycles. The third kappa shape index (κ3) is 7.87. The molecule has 0 bridgehead atoms. The molecule has 0 spiro atoms. The van der Waals surface area contributed by atoms with Crippen molar-refractivity contribution in [3.05, 3.63) is 0 Å². The van der Waals surface area contributed by atoms with Crippen molar-refractivity contribution in [1.82, 2.24) is 5.32 Å². The molecule has 1 rings (SSSR count). The molecule has 1 aliphatic rings. The molecule has 3 unspecified atom stereocenters. The van der Waals surface area contributed by atoms with Crippen LogP contribution in [0, 0.1) is 5.92 Å². The van der Waals surface area contributed by atoms with Gasteiger partial charge in [0, 0.05) is 19.3 Å². The molecule has 0 aromatic rings. The van der Waals surface area contributed by atoms with E-state index in [0.717, 1.165) is 6.42 Å². The van der Waals surface area contributed by atoms with Crippen LogP contribution >= 0.6 is 0 Å². The maximum absolute atomic E-state index is 10.9. The molecule has 0 heterocycles. The Hall–Kier alpha value is -0.170. The van der Waals surface area contributed by atoms with Crippen LogP contribution in [0.4, 0.5) is 0 Å². The van der Waals surface area contributed by atoms with Crippen molar-refractivity contribution < 1.29 is 18.3 Å². The third-order valence-corrected chi connectivity index (χ3v) is 4.51. The highest BCUT2D eigenvalue weighted by Gasteiger charge is 2.22. The van der Waals surface area contributed by atoms with Gasteiger partial charge in [-0.15, -0.1) is 0 Å².